The van der Waals surface area contributed by atoms with Crippen molar-refractivity contribution in [1.29, 1.82) is 0 Å². The van der Waals surface area contributed by atoms with Gasteiger partial charge in [-0.3, -0.25) is 19.6 Å². The lowest BCUT2D eigenvalue weighted by molar-refractivity contribution is -0.139. The number of nitrogens with one attached hydrogen (secondary N) is 1. The van der Waals surface area contributed by atoms with Gasteiger partial charge in [-0.2, -0.15) is 18.3 Å². The van der Waals surface area contributed by atoms with Crippen molar-refractivity contribution in [3.8, 4) is 5.75 Å². The van der Waals surface area contributed by atoms with Crippen LogP contribution < -0.4 is 16.0 Å². The van der Waals surface area contributed by atoms with Crippen LogP contribution in [0.2, 0.25) is 0 Å². The van der Waals surface area contributed by atoms with E-state index in [4.69, 9.17) is 10.5 Å². The molecule has 1 amide bonds. The van der Waals surface area contributed by atoms with Crippen LogP contribution in [-0.2, 0) is 35.9 Å². The number of carbonyl (C=O) groups is 1. The van der Waals surface area contributed by atoms with Crippen molar-refractivity contribution in [2.24, 2.45) is 5.73 Å². The zero-order chi connectivity index (χ0) is 29.6. The molecule has 2 aliphatic carbocycles. The maximum atomic E-state index is 14.6. The predicted octanol–water partition coefficient (Wildman–Crippen LogP) is 4.34. The zero-order valence-electron chi connectivity index (χ0n) is 22.9. The number of aromatic nitrogens is 4. The molecule has 9 nitrogen and oxygen atoms in total. The number of benzene rings is 1. The Kier molecular flexibility index (Phi) is 6.96. The third kappa shape index (κ3) is 4.79. The van der Waals surface area contributed by atoms with Crippen molar-refractivity contribution >= 4 is 16.7 Å². The number of alkyl halides is 3. The smallest absolute Gasteiger partial charge is 0.417 e. The molecule has 2 aliphatic rings. The van der Waals surface area contributed by atoms with E-state index >= 15 is 0 Å². The molecule has 1 fully saturated rings. The first-order valence-electron chi connectivity index (χ1n) is 13.7. The molecule has 3 N–H and O–H groups in total. The number of aromatic amines is 1. The van der Waals surface area contributed by atoms with Crippen molar-refractivity contribution in [2.75, 3.05) is 7.11 Å². The van der Waals surface area contributed by atoms with Gasteiger partial charge in [0.25, 0.3) is 5.56 Å². The number of rotatable bonds is 7. The fourth-order valence-corrected chi connectivity index (χ4v) is 6.01. The van der Waals surface area contributed by atoms with Crippen molar-refractivity contribution < 1.29 is 22.7 Å². The quantitative estimate of drug-likeness (QED) is 0.334. The fourth-order valence-electron chi connectivity index (χ4n) is 6.01. The molecule has 0 saturated heterocycles. The Bertz CT molecular complexity index is 1720. The van der Waals surface area contributed by atoms with Crippen molar-refractivity contribution in [3.05, 3.63) is 92.9 Å². The molecule has 0 radical (unpaired) electrons. The molecule has 1 unspecified atom stereocenters. The second-order valence-electron chi connectivity index (χ2n) is 10.8. The molecule has 0 bridgehead atoms. The summed E-state index contributed by atoms with van der Waals surface area (Å²) >= 11 is 0. The van der Waals surface area contributed by atoms with E-state index in [1.165, 1.54) is 6.07 Å². The number of nitrogens with zero attached hydrogens (tertiary/aromatic N) is 4. The summed E-state index contributed by atoms with van der Waals surface area (Å²) in [5, 5.41) is 7.55. The monoisotopic (exact) mass is 578 g/mol. The minimum atomic E-state index is -4.52. The van der Waals surface area contributed by atoms with E-state index in [9.17, 15) is 22.8 Å². The number of nitrogens with two attached hydrogens (primary N) is 1. The maximum Gasteiger partial charge on any atom is 0.417 e. The van der Waals surface area contributed by atoms with E-state index in [1.54, 1.807) is 36.4 Å². The summed E-state index contributed by atoms with van der Waals surface area (Å²) in [6, 6.07) is 8.93. The van der Waals surface area contributed by atoms with E-state index in [0.717, 1.165) is 41.9 Å². The van der Waals surface area contributed by atoms with Gasteiger partial charge in [-0.15, -0.1) is 0 Å². The lowest BCUT2D eigenvalue weighted by Crippen LogP contribution is -2.43. The number of carbonyl (C=O) groups excluding carboxylic acids is 1. The van der Waals surface area contributed by atoms with Crippen LogP contribution in [0.15, 0.2) is 53.6 Å². The molecule has 6 rings (SSSR count). The lowest BCUT2D eigenvalue weighted by Gasteiger charge is -2.37. The van der Waals surface area contributed by atoms with Gasteiger partial charge in [-0.05, 0) is 68.0 Å². The molecule has 1 aromatic carbocycles. The summed E-state index contributed by atoms with van der Waals surface area (Å²) in [5.74, 6) is 0.519. The summed E-state index contributed by atoms with van der Waals surface area (Å²) in [4.78, 5) is 37.5. The van der Waals surface area contributed by atoms with Crippen LogP contribution in [0.3, 0.4) is 0 Å². The highest BCUT2D eigenvalue weighted by Crippen LogP contribution is 2.52. The van der Waals surface area contributed by atoms with Gasteiger partial charge < -0.3 is 15.4 Å². The second kappa shape index (κ2) is 10.5. The van der Waals surface area contributed by atoms with Gasteiger partial charge in [0, 0.05) is 29.9 Å². The van der Waals surface area contributed by atoms with Crippen molar-refractivity contribution in [3.63, 3.8) is 0 Å². The van der Waals surface area contributed by atoms with Gasteiger partial charge in [0.1, 0.15) is 5.75 Å². The normalized spacial score (nSPS) is 17.5. The third-order valence-corrected chi connectivity index (χ3v) is 8.38. The van der Waals surface area contributed by atoms with Gasteiger partial charge in [0.05, 0.1) is 53.1 Å². The topological polar surface area (TPSA) is 127 Å². The van der Waals surface area contributed by atoms with Crippen LogP contribution >= 0.6 is 0 Å². The van der Waals surface area contributed by atoms with Crippen molar-refractivity contribution in [2.45, 2.75) is 62.8 Å². The van der Waals surface area contributed by atoms with Gasteiger partial charge >= 0.3 is 6.18 Å². The van der Waals surface area contributed by atoms with Crippen LogP contribution in [0.25, 0.3) is 10.8 Å². The van der Waals surface area contributed by atoms with Gasteiger partial charge in [-0.25, -0.2) is 5.10 Å². The van der Waals surface area contributed by atoms with E-state index in [2.05, 4.69) is 20.2 Å². The van der Waals surface area contributed by atoms with E-state index in [-0.39, 0.29) is 24.6 Å². The molecule has 0 spiro atoms. The van der Waals surface area contributed by atoms with E-state index in [0.29, 0.717) is 47.2 Å². The number of pyridine rings is 2. The van der Waals surface area contributed by atoms with Gasteiger partial charge in [0.15, 0.2) is 0 Å². The molecule has 12 heteroatoms. The molecule has 1 atom stereocenters. The zero-order valence-corrected chi connectivity index (χ0v) is 22.9. The van der Waals surface area contributed by atoms with Gasteiger partial charge in [-0.1, -0.05) is 6.07 Å². The molecular weight excluding hydrogens is 549 g/mol. The average molecular weight is 579 g/mol. The lowest BCUT2D eigenvalue weighted by atomic mass is 9.87. The van der Waals surface area contributed by atoms with Crippen LogP contribution in [0.1, 0.15) is 65.5 Å². The Morgan fingerprint density at radius 3 is 2.64 bits per heavy atom. The number of ether oxygens (including phenoxy) is 1. The summed E-state index contributed by atoms with van der Waals surface area (Å²) < 4.78 is 45.2. The SMILES string of the molecule is COc1ccnc2c1CCCC2N(Cc1ccc(C(F)(F)F)cn1)C(=O)C1(c2ccc3c(=O)[nH]nc(CN)c3c2)CC1. The number of amides is 1. The Balaban J connectivity index is 1.43. The van der Waals surface area contributed by atoms with Crippen LogP contribution in [-0.4, -0.2) is 38.1 Å². The number of hydrogen-bond acceptors (Lipinski definition) is 7. The highest BCUT2D eigenvalue weighted by Gasteiger charge is 2.54. The summed E-state index contributed by atoms with van der Waals surface area (Å²) in [5.41, 5.74) is 7.04. The molecule has 0 aliphatic heterocycles. The number of halogens is 3. The minimum absolute atomic E-state index is 0.00454. The largest absolute Gasteiger partial charge is 0.496 e. The van der Waals surface area contributed by atoms with Crippen LogP contribution in [0.4, 0.5) is 13.2 Å². The molecule has 4 aromatic rings. The maximum absolute atomic E-state index is 14.6. The highest BCUT2D eigenvalue weighted by atomic mass is 19.4. The van der Waals surface area contributed by atoms with E-state index < -0.39 is 23.2 Å². The molecular formula is C30H29F3N6O3. The van der Waals surface area contributed by atoms with Crippen molar-refractivity contribution in [1.82, 2.24) is 25.1 Å². The number of methoxy groups -OCH3 is 1. The average Bonchev–Trinajstić information content (AvgIpc) is 3.81. The Labute approximate surface area is 238 Å². The molecule has 3 aromatic heterocycles. The summed E-state index contributed by atoms with van der Waals surface area (Å²) in [6.45, 7) is 0.111. The van der Waals surface area contributed by atoms with Crippen LogP contribution in [0, 0.1) is 0 Å². The second-order valence-corrected chi connectivity index (χ2v) is 10.8. The minimum Gasteiger partial charge on any atom is -0.496 e. The Morgan fingerprint density at radius 1 is 1.17 bits per heavy atom. The van der Waals surface area contributed by atoms with E-state index in [1.807, 2.05) is 6.07 Å². The first-order chi connectivity index (χ1) is 20.2. The number of H-pyrrole nitrogens is 1. The number of fused-ring (bicyclic) bond motifs is 2. The molecule has 42 heavy (non-hydrogen) atoms. The van der Waals surface area contributed by atoms with Gasteiger partial charge in [0.2, 0.25) is 5.91 Å². The molecule has 218 valence electrons. The highest BCUT2D eigenvalue weighted by molar-refractivity contribution is 5.94. The fraction of sp³-hybridized carbons (Fsp3) is 0.367. The summed E-state index contributed by atoms with van der Waals surface area (Å²) in [6.07, 6.45) is 1.22. The first-order valence-corrected chi connectivity index (χ1v) is 13.7. The Morgan fingerprint density at radius 2 is 1.98 bits per heavy atom. The summed E-state index contributed by atoms with van der Waals surface area (Å²) in [7, 11) is 1.59. The predicted molar refractivity (Wildman–Crippen MR) is 147 cm³/mol. The number of hydrogen-bond donors (Lipinski definition) is 2. The first kappa shape index (κ1) is 27.8. The standard InChI is InChI=1S/C30H29F3N6O3/c1-42-25-9-12-35-26-21(25)3-2-4-24(26)39(16-19-7-5-18(15-36-19)30(31,32)33)28(41)29(10-11-29)17-6-8-20-22(13-17)23(14-34)37-38-27(20)40/h5-9,12-13,15,24H,2-4,10-11,14,16,34H2,1H3,(H,38,40). The molecule has 1 saturated carbocycles. The van der Waals surface area contributed by atoms with Crippen LogP contribution in [0.5, 0.6) is 5.75 Å². The third-order valence-electron chi connectivity index (χ3n) is 8.38. The molecule has 3 heterocycles. The Hall–Kier alpha value is -4.32.